The molecular weight excluding hydrogens is 306 g/mol. The van der Waals surface area contributed by atoms with Crippen LogP contribution in [0.2, 0.25) is 0 Å². The maximum atomic E-state index is 5.54. The van der Waals surface area contributed by atoms with Crippen LogP contribution in [0, 0.1) is 0 Å². The van der Waals surface area contributed by atoms with Crippen LogP contribution in [-0.4, -0.2) is 36.6 Å². The number of rotatable bonds is 12. The van der Waals surface area contributed by atoms with Crippen LogP contribution in [0.25, 0.3) is 0 Å². The van der Waals surface area contributed by atoms with Crippen LogP contribution in [0.1, 0.15) is 55.7 Å². The van der Waals surface area contributed by atoms with Gasteiger partial charge in [-0.25, -0.2) is 0 Å². The van der Waals surface area contributed by atoms with Crippen LogP contribution in [-0.2, 0) is 0 Å². The summed E-state index contributed by atoms with van der Waals surface area (Å²) in [7, 11) is 2.24. The van der Waals surface area contributed by atoms with Crippen molar-refractivity contribution in [3.05, 3.63) is 66.0 Å². The van der Waals surface area contributed by atoms with Crippen molar-refractivity contribution in [2.75, 3.05) is 26.7 Å². The van der Waals surface area contributed by atoms with Crippen LogP contribution < -0.4 is 5.73 Å². The Labute approximate surface area is 153 Å². The fraction of sp³-hybridized carbons (Fsp3) is 0.500. The van der Waals surface area contributed by atoms with E-state index < -0.39 is 0 Å². The largest absolute Gasteiger partial charge is 0.330 e. The third-order valence-corrected chi connectivity index (χ3v) is 4.79. The van der Waals surface area contributed by atoms with E-state index in [0.717, 1.165) is 19.5 Å². The van der Waals surface area contributed by atoms with Crippen molar-refractivity contribution in [1.82, 2.24) is 9.88 Å². The summed E-state index contributed by atoms with van der Waals surface area (Å²) in [5.41, 5.74) is 8.07. The minimum absolute atomic E-state index is 0.370. The first-order chi connectivity index (χ1) is 12.3. The van der Waals surface area contributed by atoms with Gasteiger partial charge >= 0.3 is 0 Å². The van der Waals surface area contributed by atoms with Gasteiger partial charge in [0.15, 0.2) is 0 Å². The molecule has 1 aromatic carbocycles. The highest BCUT2D eigenvalue weighted by atomic mass is 15.1. The third-order valence-electron chi connectivity index (χ3n) is 4.79. The summed E-state index contributed by atoms with van der Waals surface area (Å²) >= 11 is 0. The average molecular weight is 340 g/mol. The smallest absolute Gasteiger partial charge is 0.0478 e. The zero-order chi connectivity index (χ0) is 17.7. The summed E-state index contributed by atoms with van der Waals surface area (Å²) in [6.07, 6.45) is 9.34. The second kappa shape index (κ2) is 11.8. The predicted molar refractivity (Wildman–Crippen MR) is 107 cm³/mol. The second-order valence-electron chi connectivity index (χ2n) is 6.87. The molecule has 0 amide bonds. The molecule has 0 fully saturated rings. The molecule has 0 radical (unpaired) electrons. The minimum Gasteiger partial charge on any atom is -0.330 e. The lowest BCUT2D eigenvalue weighted by atomic mass is 9.92. The van der Waals surface area contributed by atoms with Crippen LogP contribution in [0.5, 0.6) is 0 Å². The molecule has 0 saturated carbocycles. The highest BCUT2D eigenvalue weighted by Crippen LogP contribution is 2.26. The molecule has 0 saturated heterocycles. The van der Waals surface area contributed by atoms with E-state index in [4.69, 9.17) is 5.73 Å². The zero-order valence-corrected chi connectivity index (χ0v) is 15.6. The first-order valence-corrected chi connectivity index (χ1v) is 9.65. The molecule has 0 aliphatic carbocycles. The van der Waals surface area contributed by atoms with E-state index in [1.54, 1.807) is 0 Å². The second-order valence-corrected chi connectivity index (χ2v) is 6.87. The molecule has 0 bridgehead atoms. The maximum absolute atomic E-state index is 5.54. The van der Waals surface area contributed by atoms with Crippen LogP contribution in [0.3, 0.4) is 0 Å². The fourth-order valence-corrected chi connectivity index (χ4v) is 3.27. The van der Waals surface area contributed by atoms with Gasteiger partial charge in [0, 0.05) is 17.8 Å². The van der Waals surface area contributed by atoms with Gasteiger partial charge in [0.2, 0.25) is 0 Å². The Kier molecular flexibility index (Phi) is 9.24. The molecule has 2 rings (SSSR count). The lowest BCUT2D eigenvalue weighted by molar-refractivity contribution is 0.313. The molecule has 0 spiro atoms. The summed E-state index contributed by atoms with van der Waals surface area (Å²) in [5.74, 6) is 0.370. The van der Waals surface area contributed by atoms with Gasteiger partial charge in [-0.15, -0.1) is 0 Å². The van der Waals surface area contributed by atoms with Crippen molar-refractivity contribution in [3.8, 4) is 0 Å². The number of hydrogen-bond acceptors (Lipinski definition) is 3. The van der Waals surface area contributed by atoms with Crippen molar-refractivity contribution >= 4 is 0 Å². The lowest BCUT2D eigenvalue weighted by Crippen LogP contribution is -2.23. The van der Waals surface area contributed by atoms with Gasteiger partial charge in [0.25, 0.3) is 0 Å². The quantitative estimate of drug-likeness (QED) is 0.581. The Balaban J connectivity index is 1.82. The molecular formula is C22H33N3. The topological polar surface area (TPSA) is 42.1 Å². The molecule has 25 heavy (non-hydrogen) atoms. The molecule has 1 heterocycles. The standard InChI is InChI=1S/C22H33N3/c1-25(18-11-4-2-3-9-16-23)19-15-21(20-12-6-5-7-13-20)22-14-8-10-17-24-22/h5-8,10,12-14,17,21H,2-4,9,11,15-16,18-19,23H2,1H3. The number of hydrogen-bond donors (Lipinski definition) is 1. The fourth-order valence-electron chi connectivity index (χ4n) is 3.27. The van der Waals surface area contributed by atoms with E-state index in [1.807, 2.05) is 12.3 Å². The monoisotopic (exact) mass is 339 g/mol. The van der Waals surface area contributed by atoms with Crippen molar-refractivity contribution < 1.29 is 0 Å². The predicted octanol–water partition coefficient (Wildman–Crippen LogP) is 4.44. The molecule has 1 aromatic heterocycles. The number of nitrogens with zero attached hydrogens (tertiary/aromatic N) is 2. The first kappa shape index (κ1) is 19.6. The molecule has 1 unspecified atom stereocenters. The Bertz CT molecular complexity index is 516. The normalized spacial score (nSPS) is 12.4. The van der Waals surface area contributed by atoms with Gasteiger partial charge < -0.3 is 10.6 Å². The summed E-state index contributed by atoms with van der Waals surface area (Å²) in [6.45, 7) is 3.10. The van der Waals surface area contributed by atoms with E-state index in [9.17, 15) is 0 Å². The van der Waals surface area contributed by atoms with Crippen molar-refractivity contribution in [2.24, 2.45) is 5.73 Å². The number of unbranched alkanes of at least 4 members (excludes halogenated alkanes) is 4. The highest BCUT2D eigenvalue weighted by Gasteiger charge is 2.15. The van der Waals surface area contributed by atoms with E-state index in [-0.39, 0.29) is 0 Å². The van der Waals surface area contributed by atoms with Gasteiger partial charge in [-0.05, 0) is 63.6 Å². The van der Waals surface area contributed by atoms with Gasteiger partial charge in [0.05, 0.1) is 0 Å². The van der Waals surface area contributed by atoms with E-state index in [1.165, 1.54) is 49.9 Å². The molecule has 3 nitrogen and oxygen atoms in total. The Morgan fingerprint density at radius 3 is 2.32 bits per heavy atom. The van der Waals surface area contributed by atoms with Crippen molar-refractivity contribution in [1.29, 1.82) is 0 Å². The van der Waals surface area contributed by atoms with E-state index >= 15 is 0 Å². The molecule has 1 atom stereocenters. The van der Waals surface area contributed by atoms with Crippen LogP contribution >= 0.6 is 0 Å². The number of aromatic nitrogens is 1. The molecule has 2 aromatic rings. The van der Waals surface area contributed by atoms with E-state index in [2.05, 4.69) is 59.4 Å². The number of benzene rings is 1. The lowest BCUT2D eigenvalue weighted by Gasteiger charge is -2.22. The zero-order valence-electron chi connectivity index (χ0n) is 15.6. The summed E-state index contributed by atoms with van der Waals surface area (Å²) in [6, 6.07) is 17.0. The van der Waals surface area contributed by atoms with Gasteiger partial charge in [0.1, 0.15) is 0 Å². The molecule has 136 valence electrons. The van der Waals surface area contributed by atoms with Crippen molar-refractivity contribution in [2.45, 2.75) is 44.4 Å². The number of pyridine rings is 1. The SMILES string of the molecule is CN(CCCCCCCN)CCC(c1ccccc1)c1ccccn1. The molecule has 0 aliphatic rings. The van der Waals surface area contributed by atoms with Gasteiger partial charge in [-0.1, -0.05) is 55.7 Å². The Morgan fingerprint density at radius 2 is 1.60 bits per heavy atom. The molecule has 0 aliphatic heterocycles. The van der Waals surface area contributed by atoms with Crippen LogP contribution in [0.15, 0.2) is 54.7 Å². The highest BCUT2D eigenvalue weighted by molar-refractivity contribution is 5.28. The minimum atomic E-state index is 0.370. The first-order valence-electron chi connectivity index (χ1n) is 9.65. The van der Waals surface area contributed by atoms with E-state index in [0.29, 0.717) is 5.92 Å². The summed E-state index contributed by atoms with van der Waals surface area (Å²) < 4.78 is 0. The summed E-state index contributed by atoms with van der Waals surface area (Å²) in [5, 5.41) is 0. The molecule has 3 heteroatoms. The third kappa shape index (κ3) is 7.37. The summed E-state index contributed by atoms with van der Waals surface area (Å²) in [4.78, 5) is 7.07. The number of nitrogens with two attached hydrogens (primary N) is 1. The van der Waals surface area contributed by atoms with Crippen LogP contribution in [0.4, 0.5) is 0 Å². The molecule has 2 N–H and O–H groups in total. The average Bonchev–Trinajstić information content (AvgIpc) is 2.66. The Hall–Kier alpha value is -1.71. The van der Waals surface area contributed by atoms with Crippen molar-refractivity contribution in [3.63, 3.8) is 0 Å². The van der Waals surface area contributed by atoms with Gasteiger partial charge in [-0.3, -0.25) is 4.98 Å². The Morgan fingerprint density at radius 1 is 0.880 bits per heavy atom. The maximum Gasteiger partial charge on any atom is 0.0478 e. The van der Waals surface area contributed by atoms with Gasteiger partial charge in [-0.2, -0.15) is 0 Å².